The van der Waals surface area contributed by atoms with Gasteiger partial charge in [-0.2, -0.15) is 0 Å². The zero-order valence-corrected chi connectivity index (χ0v) is 18.0. The highest BCUT2D eigenvalue weighted by Gasteiger charge is 2.28. The lowest BCUT2D eigenvalue weighted by molar-refractivity contribution is -0.124. The number of rotatable bonds is 5. The van der Waals surface area contributed by atoms with Gasteiger partial charge in [-0.25, -0.2) is 4.79 Å². The van der Waals surface area contributed by atoms with Crippen molar-refractivity contribution in [2.45, 2.75) is 59.2 Å². The molecule has 7 nitrogen and oxygen atoms in total. The molecular weight excluding hydrogens is 376 g/mol. The van der Waals surface area contributed by atoms with Gasteiger partial charge in [0.2, 0.25) is 5.91 Å². The molecule has 0 bridgehead atoms. The predicted octanol–water partition coefficient (Wildman–Crippen LogP) is 4.66. The van der Waals surface area contributed by atoms with E-state index < -0.39 is 17.7 Å². The van der Waals surface area contributed by atoms with Gasteiger partial charge in [0.15, 0.2) is 0 Å². The first-order valence-corrected chi connectivity index (χ1v) is 9.87. The fraction of sp³-hybridized carbons (Fsp3) is 0.500. The zero-order chi connectivity index (χ0) is 21.5. The molecule has 2 rings (SSSR count). The Bertz CT molecular complexity index is 790. The van der Waals surface area contributed by atoms with Gasteiger partial charge in [0, 0.05) is 20.4 Å². The van der Waals surface area contributed by atoms with E-state index in [-0.39, 0.29) is 17.9 Å². The molecule has 1 aromatic heterocycles. The first kappa shape index (κ1) is 23.4. The Kier molecular flexibility index (Phi) is 8.38. The summed E-state index contributed by atoms with van der Waals surface area (Å²) in [6.45, 7) is 11.1. The number of nitrogens with one attached hydrogen (secondary N) is 2. The summed E-state index contributed by atoms with van der Waals surface area (Å²) >= 11 is 1.66. The van der Waals surface area contributed by atoms with Crippen LogP contribution in [0.5, 0.6) is 0 Å². The van der Waals surface area contributed by atoms with Crippen LogP contribution in [0.25, 0.3) is 10.1 Å². The molecule has 1 unspecified atom stereocenters. The third kappa shape index (κ3) is 6.82. The number of alkyl carbamates (subject to hydrolysis) is 1. The largest absolute Gasteiger partial charge is 0.444 e. The van der Waals surface area contributed by atoms with E-state index >= 15 is 0 Å². The van der Waals surface area contributed by atoms with Crippen molar-refractivity contribution in [1.82, 2.24) is 10.6 Å². The predicted molar refractivity (Wildman–Crippen MR) is 110 cm³/mol. The van der Waals surface area contributed by atoms with E-state index in [2.05, 4.69) is 28.8 Å². The summed E-state index contributed by atoms with van der Waals surface area (Å²) in [4.78, 5) is 25.8. The van der Waals surface area contributed by atoms with Crippen molar-refractivity contribution in [2.75, 3.05) is 0 Å². The molecule has 1 heterocycles. The second-order valence-electron chi connectivity index (χ2n) is 7.78. The van der Waals surface area contributed by atoms with Gasteiger partial charge >= 0.3 is 6.09 Å². The van der Waals surface area contributed by atoms with Crippen molar-refractivity contribution in [1.29, 1.82) is 10.8 Å². The van der Waals surface area contributed by atoms with Crippen molar-refractivity contribution in [3.63, 3.8) is 0 Å². The van der Waals surface area contributed by atoms with Gasteiger partial charge in [-0.15, -0.1) is 11.3 Å². The topological polar surface area (TPSA) is 115 Å². The third-order valence-corrected chi connectivity index (χ3v) is 5.15. The number of carbonyl (C=O) groups is 2. The zero-order valence-electron chi connectivity index (χ0n) is 17.1. The Hall–Kier alpha value is -2.66. The van der Waals surface area contributed by atoms with E-state index in [1.165, 1.54) is 10.1 Å². The van der Waals surface area contributed by atoms with E-state index in [0.717, 1.165) is 4.88 Å². The maximum Gasteiger partial charge on any atom is 0.408 e. The monoisotopic (exact) mass is 404 g/mol. The van der Waals surface area contributed by atoms with Gasteiger partial charge < -0.3 is 15.4 Å². The summed E-state index contributed by atoms with van der Waals surface area (Å²) in [5.41, 5.74) is -0.605. The average molecular weight is 405 g/mol. The minimum atomic E-state index is -0.651. The smallest absolute Gasteiger partial charge is 0.408 e. The van der Waals surface area contributed by atoms with Crippen molar-refractivity contribution in [3.05, 3.63) is 35.2 Å². The minimum Gasteiger partial charge on any atom is -0.444 e. The molecule has 2 aromatic rings. The number of hydrogen-bond donors (Lipinski definition) is 2. The molecule has 28 heavy (non-hydrogen) atoms. The van der Waals surface area contributed by atoms with Gasteiger partial charge in [-0.3, -0.25) is 4.79 Å². The molecule has 0 aliphatic rings. The molecule has 0 saturated heterocycles. The van der Waals surface area contributed by atoms with Gasteiger partial charge in [-0.1, -0.05) is 32.0 Å². The first-order valence-electron chi connectivity index (χ1n) is 9.05. The first-order chi connectivity index (χ1) is 13.1. The number of thiophene rings is 1. The summed E-state index contributed by atoms with van der Waals surface area (Å²) < 4.78 is 6.46. The number of hydrogen-bond acceptors (Lipinski definition) is 6. The Balaban J connectivity index is 0.00000190. The highest BCUT2D eigenvalue weighted by Crippen LogP contribution is 2.29. The summed E-state index contributed by atoms with van der Waals surface area (Å²) in [7, 11) is 0. The van der Waals surface area contributed by atoms with Crippen molar-refractivity contribution >= 4 is 33.4 Å². The van der Waals surface area contributed by atoms with E-state index in [1.54, 1.807) is 32.1 Å². The molecule has 2 atom stereocenters. The van der Waals surface area contributed by atoms with Crippen LogP contribution in [0.4, 0.5) is 4.79 Å². The highest BCUT2D eigenvalue weighted by molar-refractivity contribution is 7.19. The molecule has 0 radical (unpaired) electrons. The Morgan fingerprint density at radius 3 is 2.21 bits per heavy atom. The number of carbonyl (C=O) groups excluding carboxylic acids is 2. The maximum atomic E-state index is 12.7. The van der Waals surface area contributed by atoms with E-state index in [0.29, 0.717) is 0 Å². The van der Waals surface area contributed by atoms with Crippen LogP contribution in [0.15, 0.2) is 30.3 Å². The average Bonchev–Trinajstić information content (AvgIpc) is 3.04. The molecule has 0 aliphatic carbocycles. The van der Waals surface area contributed by atoms with E-state index in [9.17, 15) is 9.59 Å². The number of benzene rings is 1. The highest BCUT2D eigenvalue weighted by atomic mass is 32.1. The number of fused-ring (bicyclic) bond motifs is 1. The lowest BCUT2D eigenvalue weighted by Crippen LogP contribution is -2.51. The summed E-state index contributed by atoms with van der Waals surface area (Å²) in [5, 5.41) is 18.9. The van der Waals surface area contributed by atoms with Crippen molar-refractivity contribution < 1.29 is 14.3 Å². The molecule has 2 N–H and O–H groups in total. The quantitative estimate of drug-likeness (QED) is 0.703. The minimum absolute atomic E-state index is 0.0582. The fourth-order valence-electron chi connectivity index (χ4n) is 2.56. The second kappa shape index (κ2) is 10.0. The normalized spacial score (nSPS) is 13.2. The van der Waals surface area contributed by atoms with Gasteiger partial charge in [0.25, 0.3) is 0 Å². The lowest BCUT2D eigenvalue weighted by Gasteiger charge is -2.26. The summed E-state index contributed by atoms with van der Waals surface area (Å²) in [6, 6.07) is 9.44. The van der Waals surface area contributed by atoms with Gasteiger partial charge in [0.05, 0.1) is 6.04 Å². The maximum absolute atomic E-state index is 12.7. The number of amides is 2. The van der Waals surface area contributed by atoms with Crippen LogP contribution in [0, 0.1) is 16.7 Å². The molecule has 152 valence electrons. The molecular formula is C20H28N4O3S. The third-order valence-electron chi connectivity index (χ3n) is 3.85. The van der Waals surface area contributed by atoms with Crippen LogP contribution < -0.4 is 10.6 Å². The lowest BCUT2D eigenvalue weighted by atomic mass is 10.0. The summed E-state index contributed by atoms with van der Waals surface area (Å²) in [5.74, 6) is -0.270. The summed E-state index contributed by atoms with van der Waals surface area (Å²) in [6.07, 6.45) is -0.583. The van der Waals surface area contributed by atoms with Crippen LogP contribution >= 0.6 is 11.3 Å². The number of nitrogens with zero attached hydrogens (tertiary/aromatic N) is 2. The van der Waals surface area contributed by atoms with Crippen LogP contribution in [0.2, 0.25) is 0 Å². The standard InChI is InChI=1S/C20H28N2O3S.N2/c1-12(2)17(22-19(24)25-20(4,5)6)18(23)21-13(3)16-11-14-9-7-8-10-15(14)26-16;1-2/h7-13,17H,1-6H3,(H,21,23)(H,22,24);/t13?,17-;/m0./s1. The molecule has 0 spiro atoms. The van der Waals surface area contributed by atoms with E-state index in [4.69, 9.17) is 15.5 Å². The fourth-order valence-corrected chi connectivity index (χ4v) is 3.63. The molecule has 1 aromatic carbocycles. The SMILES string of the molecule is CC(NC(=O)[C@@H](NC(=O)OC(C)(C)C)C(C)C)c1cc2ccccc2s1.N#N. The van der Waals surface area contributed by atoms with Crippen LogP contribution in [-0.4, -0.2) is 23.6 Å². The van der Waals surface area contributed by atoms with E-state index in [1.807, 2.05) is 32.9 Å². The van der Waals surface area contributed by atoms with Crippen LogP contribution in [0.1, 0.15) is 52.5 Å². The van der Waals surface area contributed by atoms with Gasteiger partial charge in [-0.05, 0) is 51.1 Å². The molecule has 2 amide bonds. The molecule has 0 aliphatic heterocycles. The van der Waals surface area contributed by atoms with Crippen molar-refractivity contribution in [2.24, 2.45) is 5.92 Å². The van der Waals surface area contributed by atoms with Crippen LogP contribution in [-0.2, 0) is 9.53 Å². The molecule has 0 fully saturated rings. The number of ether oxygens (including phenoxy) is 1. The Morgan fingerprint density at radius 2 is 1.68 bits per heavy atom. The van der Waals surface area contributed by atoms with Gasteiger partial charge in [0.1, 0.15) is 11.6 Å². The Morgan fingerprint density at radius 1 is 1.07 bits per heavy atom. The molecule has 0 saturated carbocycles. The van der Waals surface area contributed by atoms with Crippen LogP contribution in [0.3, 0.4) is 0 Å². The Labute approximate surface area is 169 Å². The molecule has 8 heteroatoms. The second-order valence-corrected chi connectivity index (χ2v) is 8.90. The van der Waals surface area contributed by atoms with Crippen molar-refractivity contribution in [3.8, 4) is 0 Å².